The number of azo groups is 1. The van der Waals surface area contributed by atoms with Crippen LogP contribution in [-0.2, 0) is 0 Å². The van der Waals surface area contributed by atoms with Crippen molar-refractivity contribution in [2.45, 2.75) is 41.0 Å². The van der Waals surface area contributed by atoms with E-state index in [1.165, 1.54) is 6.16 Å². The third-order valence-corrected chi connectivity index (χ3v) is 1.76. The molecule has 1 unspecified atom stereocenters. The molecule has 4 nitrogen and oxygen atoms in total. The Bertz CT molecular complexity index is 304. The van der Waals surface area contributed by atoms with Gasteiger partial charge in [-0.15, -0.1) is 9.24 Å². The zero-order valence-electron chi connectivity index (χ0n) is 12.5. The molecule has 0 bridgehead atoms. The van der Waals surface area contributed by atoms with Gasteiger partial charge in [0.1, 0.15) is 0 Å². The van der Waals surface area contributed by atoms with E-state index in [0.29, 0.717) is 5.92 Å². The van der Waals surface area contributed by atoms with Gasteiger partial charge in [0.2, 0.25) is 0 Å². The van der Waals surface area contributed by atoms with Crippen LogP contribution >= 0.6 is 9.24 Å². The van der Waals surface area contributed by atoms with E-state index in [0.717, 1.165) is 17.7 Å². The van der Waals surface area contributed by atoms with E-state index in [-0.39, 0.29) is 0 Å². The van der Waals surface area contributed by atoms with Crippen molar-refractivity contribution in [1.82, 2.24) is 0 Å². The summed E-state index contributed by atoms with van der Waals surface area (Å²) in [6, 6.07) is 0. The zero-order chi connectivity index (χ0) is 14.4. The van der Waals surface area contributed by atoms with Gasteiger partial charge in [0, 0.05) is 25.3 Å². The Hall–Kier alpha value is -0.890. The molecule has 0 spiro atoms. The van der Waals surface area contributed by atoms with E-state index >= 15 is 0 Å². The van der Waals surface area contributed by atoms with Gasteiger partial charge in [-0.25, -0.2) is 0 Å². The molecule has 0 saturated carbocycles. The first kappa shape index (κ1) is 19.4. The number of nitrogens with zero attached hydrogens (tertiary/aromatic N) is 4. The van der Waals surface area contributed by atoms with Gasteiger partial charge in [-0.1, -0.05) is 34.6 Å². The molecule has 0 radical (unpaired) electrons. The maximum absolute atomic E-state index is 4.08. The second-order valence-corrected chi connectivity index (χ2v) is 4.34. The second-order valence-electron chi connectivity index (χ2n) is 3.52. The quantitative estimate of drug-likeness (QED) is 0.529. The molecule has 5 heteroatoms. The van der Waals surface area contributed by atoms with E-state index in [1.54, 1.807) is 19.5 Å². The number of rotatable bonds is 2. The highest BCUT2D eigenvalue weighted by Gasteiger charge is 2.13. The molecule has 0 aromatic heterocycles. The molecule has 18 heavy (non-hydrogen) atoms. The molecule has 1 aliphatic rings. The van der Waals surface area contributed by atoms with Crippen molar-refractivity contribution in [1.29, 1.82) is 0 Å². The van der Waals surface area contributed by atoms with E-state index < -0.39 is 0 Å². The molecule has 0 aromatic rings. The lowest BCUT2D eigenvalue weighted by Gasteiger charge is -2.12. The number of hydrogen-bond acceptors (Lipinski definition) is 4. The topological polar surface area (TPSA) is 49.4 Å². The average Bonchev–Trinajstić information content (AvgIpc) is 2.40. The fraction of sp³-hybridized carbons (Fsp3) is 0.692. The summed E-state index contributed by atoms with van der Waals surface area (Å²) in [4.78, 5) is 0. The van der Waals surface area contributed by atoms with Crippen molar-refractivity contribution in [3.8, 4) is 0 Å². The van der Waals surface area contributed by atoms with Crippen molar-refractivity contribution in [3.05, 3.63) is 11.8 Å². The van der Waals surface area contributed by atoms with Crippen molar-refractivity contribution in [3.63, 3.8) is 0 Å². The summed E-state index contributed by atoms with van der Waals surface area (Å²) in [7, 11) is 4.23. The van der Waals surface area contributed by atoms with Crippen molar-refractivity contribution < 1.29 is 0 Å². The van der Waals surface area contributed by atoms with Gasteiger partial charge in [-0.3, -0.25) is 0 Å². The van der Waals surface area contributed by atoms with E-state index in [2.05, 4.69) is 50.4 Å². The third kappa shape index (κ3) is 9.17. The molecule has 0 aliphatic carbocycles. The number of allylic oxidation sites excluding steroid dienone is 1. The fourth-order valence-electron chi connectivity index (χ4n) is 1.14. The number of hydrogen-bond donors (Lipinski definition) is 0. The molecule has 104 valence electrons. The van der Waals surface area contributed by atoms with Crippen molar-refractivity contribution in [2.24, 2.45) is 26.3 Å². The molecular weight excluding hydrogens is 243 g/mol. The van der Waals surface area contributed by atoms with Crippen LogP contribution in [0.25, 0.3) is 0 Å². The SMILES string of the molecule is CC.CCP.CN=N/C=C1\CC=NN=C1C(C)C. The van der Waals surface area contributed by atoms with E-state index in [1.807, 2.05) is 13.8 Å². The lowest BCUT2D eigenvalue weighted by Crippen LogP contribution is -2.13. The summed E-state index contributed by atoms with van der Waals surface area (Å²) in [5.74, 6) is 0.385. The Balaban J connectivity index is 0. The minimum Gasteiger partial charge on any atom is -0.193 e. The van der Waals surface area contributed by atoms with E-state index in [9.17, 15) is 0 Å². The molecule has 1 heterocycles. The summed E-state index contributed by atoms with van der Waals surface area (Å²) < 4.78 is 0. The molecule has 0 fully saturated rings. The Kier molecular flexibility index (Phi) is 15.3. The first-order chi connectivity index (χ1) is 8.67. The smallest absolute Gasteiger partial charge is 0.0707 e. The standard InChI is InChI=1S/C9H14N4.C2H7P.C2H6/c1-7(2)9-8(6-12-10-3)4-5-11-13-9;1-2-3;1-2/h5-7H,4H2,1-3H3;2-3H2,1H3;1-2H3/b8-6+,12-10?;;. The lowest BCUT2D eigenvalue weighted by molar-refractivity contribution is 0.864. The summed E-state index contributed by atoms with van der Waals surface area (Å²) in [6.45, 7) is 10.3. The van der Waals surface area contributed by atoms with Crippen molar-refractivity contribution in [2.75, 3.05) is 13.2 Å². The van der Waals surface area contributed by atoms with Crippen LogP contribution in [0.15, 0.2) is 32.2 Å². The van der Waals surface area contributed by atoms with Crippen LogP contribution in [-0.4, -0.2) is 25.1 Å². The van der Waals surface area contributed by atoms with Crippen LogP contribution < -0.4 is 0 Å². The Labute approximate surface area is 114 Å². The highest BCUT2D eigenvalue weighted by molar-refractivity contribution is 7.16. The summed E-state index contributed by atoms with van der Waals surface area (Å²) in [5, 5.41) is 15.5. The highest BCUT2D eigenvalue weighted by Crippen LogP contribution is 2.15. The molecule has 0 aromatic carbocycles. The van der Waals surface area contributed by atoms with Crippen LogP contribution in [0.1, 0.15) is 41.0 Å². The molecule has 0 amide bonds. The Morgan fingerprint density at radius 3 is 2.44 bits per heavy atom. The van der Waals surface area contributed by atoms with E-state index in [4.69, 9.17) is 0 Å². The monoisotopic (exact) mass is 270 g/mol. The summed E-state index contributed by atoms with van der Waals surface area (Å²) in [5.41, 5.74) is 2.12. The van der Waals surface area contributed by atoms with Gasteiger partial charge in [0.05, 0.1) is 11.9 Å². The van der Waals surface area contributed by atoms with Gasteiger partial charge < -0.3 is 0 Å². The van der Waals surface area contributed by atoms with Crippen LogP contribution in [0.4, 0.5) is 0 Å². The normalized spacial score (nSPS) is 16.0. The first-order valence-electron chi connectivity index (χ1n) is 6.45. The Morgan fingerprint density at radius 2 is 2.00 bits per heavy atom. The predicted molar refractivity (Wildman–Crippen MR) is 85.8 cm³/mol. The first-order valence-corrected chi connectivity index (χ1v) is 7.26. The van der Waals surface area contributed by atoms with Gasteiger partial charge in [-0.05, 0) is 12.1 Å². The van der Waals surface area contributed by atoms with Gasteiger partial charge in [0.25, 0.3) is 0 Å². The van der Waals surface area contributed by atoms with Crippen LogP contribution in [0.2, 0.25) is 0 Å². The molecule has 0 N–H and O–H groups in total. The molecule has 1 aliphatic heterocycles. The largest absolute Gasteiger partial charge is 0.193 e. The maximum atomic E-state index is 4.08. The van der Waals surface area contributed by atoms with Crippen LogP contribution in [0, 0.1) is 5.92 Å². The molecule has 0 saturated heterocycles. The summed E-state index contributed by atoms with van der Waals surface area (Å²) in [6.07, 6.45) is 5.50. The minimum absolute atomic E-state index is 0.385. The average molecular weight is 270 g/mol. The fourth-order valence-corrected chi connectivity index (χ4v) is 1.14. The molecule has 1 rings (SSSR count). The van der Waals surface area contributed by atoms with Crippen LogP contribution in [0.3, 0.4) is 0 Å². The minimum atomic E-state index is 0.385. The second kappa shape index (κ2) is 14.2. The van der Waals surface area contributed by atoms with Gasteiger partial charge >= 0.3 is 0 Å². The Morgan fingerprint density at radius 1 is 1.44 bits per heavy atom. The van der Waals surface area contributed by atoms with Gasteiger partial charge in [-0.2, -0.15) is 20.4 Å². The van der Waals surface area contributed by atoms with Crippen LogP contribution in [0.5, 0.6) is 0 Å². The predicted octanol–water partition coefficient (Wildman–Crippen LogP) is 4.35. The summed E-state index contributed by atoms with van der Waals surface area (Å²) >= 11 is 0. The zero-order valence-corrected chi connectivity index (χ0v) is 13.7. The molecular formula is C13H27N4P. The third-order valence-electron chi connectivity index (χ3n) is 1.76. The van der Waals surface area contributed by atoms with Gasteiger partial charge in [0.15, 0.2) is 0 Å². The molecule has 1 atom stereocenters. The van der Waals surface area contributed by atoms with Crippen molar-refractivity contribution >= 4 is 21.2 Å². The maximum Gasteiger partial charge on any atom is 0.0707 e. The highest BCUT2D eigenvalue weighted by atomic mass is 31.0. The lowest BCUT2D eigenvalue weighted by atomic mass is 9.98.